The molecule has 0 saturated carbocycles. The summed E-state index contributed by atoms with van der Waals surface area (Å²) in [6.45, 7) is 2.17. The maximum atomic E-state index is 2.36. The van der Waals surface area contributed by atoms with E-state index in [9.17, 15) is 0 Å². The van der Waals surface area contributed by atoms with Crippen molar-refractivity contribution in [3.8, 4) is 55.6 Å². The molecule has 74 heavy (non-hydrogen) atoms. The third-order valence-corrected chi connectivity index (χ3v) is 15.9. The molecule has 0 amide bonds. The van der Waals surface area contributed by atoms with E-state index in [1.807, 2.05) is 0 Å². The Morgan fingerprint density at radius 3 is 1.26 bits per heavy atom. The van der Waals surface area contributed by atoms with Crippen molar-refractivity contribution in [2.75, 3.05) is 0 Å². The second kappa shape index (κ2) is 17.7. The topological polar surface area (TPSA) is 0 Å². The molecule has 0 heterocycles. The normalized spacial score (nSPS) is 12.7. The van der Waals surface area contributed by atoms with Gasteiger partial charge in [-0.3, -0.25) is 0 Å². The molecule has 0 N–H and O–H groups in total. The van der Waals surface area contributed by atoms with Gasteiger partial charge in [-0.05, 0) is 139 Å². The highest BCUT2D eigenvalue weighted by Crippen LogP contribution is 2.56. The fraction of sp³-hybridized carbons (Fsp3) is 0.0270. The predicted octanol–water partition coefficient (Wildman–Crippen LogP) is 19.8. The minimum atomic E-state index is -0.417. The van der Waals surface area contributed by atoms with E-state index in [4.69, 9.17) is 0 Å². The van der Waals surface area contributed by atoms with Crippen LogP contribution >= 0.6 is 0 Å². The van der Waals surface area contributed by atoms with E-state index in [-0.39, 0.29) is 0 Å². The van der Waals surface area contributed by atoms with Gasteiger partial charge in [0.1, 0.15) is 0 Å². The number of hydrogen-bond acceptors (Lipinski definition) is 0. The molecular formula is C74H50. The van der Waals surface area contributed by atoms with Crippen LogP contribution in [0.5, 0.6) is 0 Å². The predicted molar refractivity (Wildman–Crippen MR) is 316 cm³/mol. The summed E-state index contributed by atoms with van der Waals surface area (Å²) in [4.78, 5) is 0. The van der Waals surface area contributed by atoms with E-state index >= 15 is 0 Å². The lowest BCUT2D eigenvalue weighted by Gasteiger charge is -2.34. The van der Waals surface area contributed by atoms with Crippen molar-refractivity contribution in [3.05, 3.63) is 312 Å². The quantitative estimate of drug-likeness (QED) is 0.105. The first kappa shape index (κ1) is 43.4. The van der Waals surface area contributed by atoms with Gasteiger partial charge in [0.25, 0.3) is 0 Å². The lowest BCUT2D eigenvalue weighted by molar-refractivity contribution is 0.768. The molecule has 0 atom stereocenters. The molecule has 346 valence electrons. The Morgan fingerprint density at radius 1 is 0.270 bits per heavy atom. The molecule has 0 heteroatoms. The third kappa shape index (κ3) is 6.98. The van der Waals surface area contributed by atoms with Gasteiger partial charge in [-0.25, -0.2) is 0 Å². The number of fused-ring (bicyclic) bond motifs is 7. The summed E-state index contributed by atoms with van der Waals surface area (Å²) in [5, 5.41) is 10.0. The Balaban J connectivity index is 0.790. The Kier molecular flexibility index (Phi) is 10.4. The summed E-state index contributed by atoms with van der Waals surface area (Å²) in [6.07, 6.45) is 4.51. The van der Waals surface area contributed by atoms with Crippen LogP contribution in [0.2, 0.25) is 0 Å². The molecule has 0 aliphatic heterocycles. The number of aryl methyl sites for hydroxylation is 1. The van der Waals surface area contributed by atoms with Gasteiger partial charge in [0.15, 0.2) is 0 Å². The molecule has 13 aromatic carbocycles. The van der Waals surface area contributed by atoms with Gasteiger partial charge < -0.3 is 0 Å². The summed E-state index contributed by atoms with van der Waals surface area (Å²) in [6, 6.07) is 101. The van der Waals surface area contributed by atoms with E-state index in [0.29, 0.717) is 0 Å². The highest BCUT2D eigenvalue weighted by atomic mass is 14.5. The summed E-state index contributed by atoms with van der Waals surface area (Å²) in [5.41, 5.74) is 20.9. The average molecular weight is 939 g/mol. The average Bonchev–Trinajstić information content (AvgIpc) is 3.77. The molecule has 0 nitrogen and oxygen atoms in total. The van der Waals surface area contributed by atoms with E-state index in [1.165, 1.54) is 132 Å². The van der Waals surface area contributed by atoms with Crippen molar-refractivity contribution in [1.29, 1.82) is 0 Å². The van der Waals surface area contributed by atoms with E-state index < -0.39 is 5.41 Å². The maximum Gasteiger partial charge on any atom is 0.0713 e. The number of benzene rings is 13. The van der Waals surface area contributed by atoms with Crippen molar-refractivity contribution in [1.82, 2.24) is 0 Å². The van der Waals surface area contributed by atoms with E-state index in [2.05, 4.69) is 292 Å². The lowest BCUT2D eigenvalue weighted by atomic mass is 9.67. The van der Waals surface area contributed by atoms with E-state index in [0.717, 1.165) is 5.56 Å². The van der Waals surface area contributed by atoms with Gasteiger partial charge in [-0.1, -0.05) is 291 Å². The second-order valence-corrected chi connectivity index (χ2v) is 19.9. The minimum Gasteiger partial charge on any atom is -0.0619 e. The van der Waals surface area contributed by atoms with Crippen LogP contribution in [0.15, 0.2) is 273 Å². The van der Waals surface area contributed by atoms with Crippen LogP contribution in [0.4, 0.5) is 0 Å². The van der Waals surface area contributed by atoms with Crippen LogP contribution in [0.3, 0.4) is 0 Å². The molecule has 1 aliphatic carbocycles. The van der Waals surface area contributed by atoms with Crippen LogP contribution in [0.25, 0.3) is 111 Å². The standard InChI is InChI=1S/C74H50/c1-49-29-44-57(45-30-49)74(70-27-12-10-20-64(70)65-21-11-13-28-71(65)74)58-46-41-52(42-47-58)51-37-39-56(40-38-51)73-68-24-8-6-22-66(68)72(67-23-7-9-25-69(67)73)55-35-32-50(33-36-55)31-34-54-43-48-63(61-19-5-4-18-60(54)61)62-26-14-16-53-15-2-3-17-59(53)62/h2-48H,1H3/b34-31+. The zero-order valence-electron chi connectivity index (χ0n) is 41.1. The van der Waals surface area contributed by atoms with Crippen molar-refractivity contribution in [3.63, 3.8) is 0 Å². The Hall–Kier alpha value is -9.36. The Bertz CT molecular complexity index is 4210. The molecule has 0 fully saturated rings. The van der Waals surface area contributed by atoms with Crippen LogP contribution < -0.4 is 0 Å². The molecule has 14 rings (SSSR count). The Labute approximate surface area is 432 Å². The zero-order valence-corrected chi connectivity index (χ0v) is 41.1. The molecular weight excluding hydrogens is 889 g/mol. The summed E-state index contributed by atoms with van der Waals surface area (Å²) >= 11 is 0. The summed E-state index contributed by atoms with van der Waals surface area (Å²) in [5.74, 6) is 0. The van der Waals surface area contributed by atoms with Crippen molar-refractivity contribution in [2.24, 2.45) is 0 Å². The van der Waals surface area contributed by atoms with Crippen LogP contribution in [0.1, 0.15) is 38.9 Å². The van der Waals surface area contributed by atoms with E-state index in [1.54, 1.807) is 0 Å². The smallest absolute Gasteiger partial charge is 0.0619 e. The fourth-order valence-electron chi connectivity index (χ4n) is 12.4. The monoisotopic (exact) mass is 938 g/mol. The summed E-state index contributed by atoms with van der Waals surface area (Å²) in [7, 11) is 0. The molecule has 0 bridgehead atoms. The third-order valence-electron chi connectivity index (χ3n) is 15.9. The zero-order chi connectivity index (χ0) is 49.2. The van der Waals surface area contributed by atoms with Gasteiger partial charge >= 0.3 is 0 Å². The number of hydrogen-bond donors (Lipinski definition) is 0. The first-order valence-corrected chi connectivity index (χ1v) is 25.8. The van der Waals surface area contributed by atoms with Gasteiger partial charge in [-0.2, -0.15) is 0 Å². The van der Waals surface area contributed by atoms with Gasteiger partial charge in [-0.15, -0.1) is 0 Å². The highest BCUT2D eigenvalue weighted by Gasteiger charge is 2.45. The molecule has 13 aromatic rings. The summed E-state index contributed by atoms with van der Waals surface area (Å²) < 4.78 is 0. The van der Waals surface area contributed by atoms with Crippen molar-refractivity contribution in [2.45, 2.75) is 12.3 Å². The second-order valence-electron chi connectivity index (χ2n) is 19.9. The number of rotatable bonds is 8. The van der Waals surface area contributed by atoms with Crippen LogP contribution in [0, 0.1) is 6.92 Å². The molecule has 0 unspecified atom stereocenters. The molecule has 0 aromatic heterocycles. The molecule has 0 saturated heterocycles. The first-order valence-electron chi connectivity index (χ1n) is 25.8. The first-order chi connectivity index (χ1) is 36.6. The maximum absolute atomic E-state index is 2.36. The SMILES string of the molecule is Cc1ccc(C2(c3ccc(-c4ccc(-c5c6ccccc6c(-c6ccc(/C=C/c7ccc(-c8cccc9ccccc89)c8ccccc78)cc6)c6ccccc56)cc4)cc3)c3ccccc3-c3ccccc32)cc1. The van der Waals surface area contributed by atoms with Crippen molar-refractivity contribution < 1.29 is 0 Å². The van der Waals surface area contributed by atoms with Crippen LogP contribution in [-0.2, 0) is 5.41 Å². The molecule has 0 spiro atoms. The lowest BCUT2D eigenvalue weighted by Crippen LogP contribution is -2.28. The highest BCUT2D eigenvalue weighted by molar-refractivity contribution is 6.21. The van der Waals surface area contributed by atoms with Crippen molar-refractivity contribution >= 4 is 55.2 Å². The van der Waals surface area contributed by atoms with Gasteiger partial charge in [0.05, 0.1) is 5.41 Å². The van der Waals surface area contributed by atoms with Crippen LogP contribution in [-0.4, -0.2) is 0 Å². The van der Waals surface area contributed by atoms with Gasteiger partial charge in [0.2, 0.25) is 0 Å². The van der Waals surface area contributed by atoms with Gasteiger partial charge in [0, 0.05) is 0 Å². The fourth-order valence-corrected chi connectivity index (χ4v) is 12.4. The molecule has 1 aliphatic rings. The largest absolute Gasteiger partial charge is 0.0713 e. The Morgan fingerprint density at radius 2 is 0.676 bits per heavy atom. The molecule has 0 radical (unpaired) electrons. The minimum absolute atomic E-state index is 0.417.